The molecule has 1 saturated heterocycles. The number of allylic oxidation sites excluding steroid dienone is 1. The van der Waals surface area contributed by atoms with Gasteiger partial charge in [0.05, 0.1) is 31.2 Å². The lowest BCUT2D eigenvalue weighted by molar-refractivity contribution is -0.117. The molecule has 36 heavy (non-hydrogen) atoms. The second-order valence-corrected chi connectivity index (χ2v) is 9.17. The van der Waals surface area contributed by atoms with Crippen LogP contribution in [0, 0.1) is 0 Å². The monoisotopic (exact) mass is 477 g/mol. The highest BCUT2D eigenvalue weighted by Gasteiger charge is 2.16. The van der Waals surface area contributed by atoms with Crippen molar-refractivity contribution in [3.05, 3.63) is 96.0 Å². The Morgan fingerprint density at radius 3 is 2.61 bits per heavy atom. The lowest BCUT2D eigenvalue weighted by Gasteiger charge is -2.29. The second kappa shape index (κ2) is 9.87. The number of aliphatic imine (C=N–C) groups is 1. The first-order chi connectivity index (χ1) is 17.7. The number of ether oxygens (including phenoxy) is 1. The van der Waals surface area contributed by atoms with Crippen molar-refractivity contribution in [1.82, 2.24) is 14.4 Å². The molecule has 3 aromatic heterocycles. The van der Waals surface area contributed by atoms with E-state index in [1.807, 2.05) is 36.4 Å². The van der Waals surface area contributed by atoms with Crippen molar-refractivity contribution >= 4 is 23.0 Å². The third-order valence-electron chi connectivity index (χ3n) is 6.63. The van der Waals surface area contributed by atoms with Gasteiger partial charge in [-0.25, -0.2) is 4.98 Å². The van der Waals surface area contributed by atoms with Crippen LogP contribution in [0.2, 0.25) is 0 Å². The maximum Gasteiger partial charge on any atom is 0.141 e. The zero-order valence-electron chi connectivity index (χ0n) is 20.0. The van der Waals surface area contributed by atoms with Gasteiger partial charge in [-0.3, -0.25) is 19.2 Å². The Kier molecular flexibility index (Phi) is 6.13. The molecule has 0 bridgehead atoms. The number of hydrogen-bond acceptors (Lipinski definition) is 6. The fourth-order valence-corrected chi connectivity index (χ4v) is 4.79. The number of imidazole rings is 1. The summed E-state index contributed by atoms with van der Waals surface area (Å²) in [7, 11) is 0. The van der Waals surface area contributed by atoms with Crippen molar-refractivity contribution < 1.29 is 9.53 Å². The molecule has 2 aliphatic rings. The highest BCUT2D eigenvalue weighted by molar-refractivity contribution is 6.10. The van der Waals surface area contributed by atoms with Gasteiger partial charge in [-0.2, -0.15) is 0 Å². The number of pyridine rings is 2. The Morgan fingerprint density at radius 1 is 0.944 bits per heavy atom. The average Bonchev–Trinajstić information content (AvgIpc) is 3.57. The van der Waals surface area contributed by atoms with Gasteiger partial charge in [0, 0.05) is 55.6 Å². The van der Waals surface area contributed by atoms with Gasteiger partial charge in [-0.05, 0) is 41.5 Å². The number of rotatable bonds is 7. The van der Waals surface area contributed by atoms with E-state index < -0.39 is 0 Å². The van der Waals surface area contributed by atoms with Crippen LogP contribution >= 0.6 is 0 Å². The summed E-state index contributed by atoms with van der Waals surface area (Å²) in [6.07, 6.45) is 8.49. The van der Waals surface area contributed by atoms with E-state index >= 15 is 0 Å². The normalized spacial score (nSPS) is 15.7. The van der Waals surface area contributed by atoms with Gasteiger partial charge < -0.3 is 9.64 Å². The fraction of sp³-hybridized carbons (Fsp3) is 0.241. The molecule has 1 aromatic carbocycles. The molecule has 0 atom stereocenters. The molecule has 0 spiro atoms. The zero-order valence-corrected chi connectivity index (χ0v) is 20.0. The summed E-state index contributed by atoms with van der Waals surface area (Å²) in [5.74, 6) is 1.33. The summed E-state index contributed by atoms with van der Waals surface area (Å²) in [6, 6.07) is 18.3. The summed E-state index contributed by atoms with van der Waals surface area (Å²) in [6.45, 7) is 3.82. The topological polar surface area (TPSA) is 72.1 Å². The smallest absolute Gasteiger partial charge is 0.141 e. The molecule has 0 N–H and O–H groups in total. The lowest BCUT2D eigenvalue weighted by atomic mass is 10.0. The minimum absolute atomic E-state index is 0.194. The van der Waals surface area contributed by atoms with Crippen LogP contribution in [0.25, 0.3) is 16.9 Å². The van der Waals surface area contributed by atoms with Crippen LogP contribution < -0.4 is 4.90 Å². The molecule has 7 nitrogen and oxygen atoms in total. The van der Waals surface area contributed by atoms with Crippen molar-refractivity contribution in [2.45, 2.75) is 12.8 Å². The first-order valence-electron chi connectivity index (χ1n) is 12.3. The molecule has 5 heterocycles. The highest BCUT2D eigenvalue weighted by atomic mass is 16.5. The highest BCUT2D eigenvalue weighted by Crippen LogP contribution is 2.25. The van der Waals surface area contributed by atoms with E-state index in [0.717, 1.165) is 71.4 Å². The van der Waals surface area contributed by atoms with E-state index in [4.69, 9.17) is 9.72 Å². The SMILES string of the molecule is O=C(CC1=CC(c2cccnc2)=NC1)Cc1ccc(-c2cn3c(N4CCOCC4)cccc3n2)cc1. The Balaban J connectivity index is 1.12. The van der Waals surface area contributed by atoms with Crippen LogP contribution in [0.1, 0.15) is 17.5 Å². The number of benzene rings is 1. The third kappa shape index (κ3) is 4.70. The fourth-order valence-electron chi connectivity index (χ4n) is 4.79. The largest absolute Gasteiger partial charge is 0.378 e. The molecular formula is C29H27N5O2. The molecule has 6 rings (SSSR count). The number of hydrogen-bond donors (Lipinski definition) is 0. The standard InChI is InChI=1S/C29H27N5O2/c35-25(16-22-17-26(31-18-22)24-3-2-10-30-19-24)15-21-6-8-23(9-7-21)27-20-34-28(32-27)4-1-5-29(34)33-11-13-36-14-12-33/h1-10,17,19-20H,11-16,18H2. The lowest BCUT2D eigenvalue weighted by Crippen LogP contribution is -2.37. The number of nitrogens with zero attached hydrogens (tertiary/aromatic N) is 5. The Morgan fingerprint density at radius 2 is 1.81 bits per heavy atom. The Bertz CT molecular complexity index is 1450. The van der Waals surface area contributed by atoms with Gasteiger partial charge in [0.15, 0.2) is 0 Å². The molecule has 0 saturated carbocycles. The molecule has 4 aromatic rings. The molecule has 2 aliphatic heterocycles. The number of carbonyl (C=O) groups is 1. The summed E-state index contributed by atoms with van der Waals surface area (Å²) >= 11 is 0. The predicted octanol–water partition coefficient (Wildman–Crippen LogP) is 4.16. The number of Topliss-reactive ketones (excluding diaryl/α,β-unsaturated/α-hetero) is 1. The van der Waals surface area contributed by atoms with Crippen molar-refractivity contribution in [2.24, 2.45) is 4.99 Å². The second-order valence-electron chi connectivity index (χ2n) is 9.17. The summed E-state index contributed by atoms with van der Waals surface area (Å²) in [5.41, 5.74) is 6.83. The van der Waals surface area contributed by atoms with Gasteiger partial charge >= 0.3 is 0 Å². The maximum atomic E-state index is 12.7. The number of morpholine rings is 1. The minimum atomic E-state index is 0.194. The maximum absolute atomic E-state index is 12.7. The van der Waals surface area contributed by atoms with Crippen molar-refractivity contribution in [3.8, 4) is 11.3 Å². The van der Waals surface area contributed by atoms with E-state index in [-0.39, 0.29) is 5.78 Å². The van der Waals surface area contributed by atoms with Gasteiger partial charge in [0.2, 0.25) is 0 Å². The van der Waals surface area contributed by atoms with E-state index in [0.29, 0.717) is 19.4 Å². The molecule has 7 heteroatoms. The number of carbonyl (C=O) groups excluding carboxylic acids is 1. The van der Waals surface area contributed by atoms with Crippen LogP contribution in [-0.2, 0) is 16.0 Å². The molecule has 0 aliphatic carbocycles. The van der Waals surface area contributed by atoms with Gasteiger partial charge in [-0.15, -0.1) is 0 Å². The summed E-state index contributed by atoms with van der Waals surface area (Å²) in [5, 5.41) is 0. The quantitative estimate of drug-likeness (QED) is 0.400. The molecule has 0 unspecified atom stereocenters. The van der Waals surface area contributed by atoms with Gasteiger partial charge in [0.25, 0.3) is 0 Å². The Hall–Kier alpha value is -4.10. The summed E-state index contributed by atoms with van der Waals surface area (Å²) in [4.78, 5) is 28.6. The van der Waals surface area contributed by atoms with E-state index in [2.05, 4.69) is 49.7 Å². The van der Waals surface area contributed by atoms with E-state index in [1.165, 1.54) is 0 Å². The first kappa shape index (κ1) is 22.4. The van der Waals surface area contributed by atoms with Crippen LogP contribution in [0.4, 0.5) is 5.82 Å². The van der Waals surface area contributed by atoms with Crippen molar-refractivity contribution in [1.29, 1.82) is 0 Å². The molecule has 1 fully saturated rings. The molecular weight excluding hydrogens is 450 g/mol. The molecule has 180 valence electrons. The summed E-state index contributed by atoms with van der Waals surface area (Å²) < 4.78 is 7.65. The first-order valence-corrected chi connectivity index (χ1v) is 12.3. The number of fused-ring (bicyclic) bond motifs is 1. The number of anilines is 1. The van der Waals surface area contributed by atoms with Crippen molar-refractivity contribution in [3.63, 3.8) is 0 Å². The number of ketones is 1. The molecule has 0 radical (unpaired) electrons. The van der Waals surface area contributed by atoms with E-state index in [9.17, 15) is 4.79 Å². The van der Waals surface area contributed by atoms with Gasteiger partial charge in [0.1, 0.15) is 17.2 Å². The van der Waals surface area contributed by atoms with Crippen molar-refractivity contribution in [2.75, 3.05) is 37.7 Å². The average molecular weight is 478 g/mol. The van der Waals surface area contributed by atoms with Gasteiger partial charge in [-0.1, -0.05) is 30.3 Å². The zero-order chi connectivity index (χ0) is 24.3. The third-order valence-corrected chi connectivity index (χ3v) is 6.63. The van der Waals surface area contributed by atoms with Crippen LogP contribution in [0.5, 0.6) is 0 Å². The van der Waals surface area contributed by atoms with Crippen LogP contribution in [0.15, 0.2) is 89.8 Å². The molecule has 0 amide bonds. The number of aromatic nitrogens is 3. The van der Waals surface area contributed by atoms with Crippen LogP contribution in [-0.4, -0.2) is 58.7 Å². The minimum Gasteiger partial charge on any atom is -0.378 e. The van der Waals surface area contributed by atoms with E-state index in [1.54, 1.807) is 12.4 Å². The predicted molar refractivity (Wildman–Crippen MR) is 141 cm³/mol. The Labute approximate surface area is 209 Å². The van der Waals surface area contributed by atoms with Crippen LogP contribution in [0.3, 0.4) is 0 Å².